The minimum Gasteiger partial charge on any atom is -0.388 e. The lowest BCUT2D eigenvalue weighted by molar-refractivity contribution is -0.338. The Hall–Kier alpha value is -0.980. The van der Waals surface area contributed by atoms with Crippen LogP contribution in [0.3, 0.4) is 0 Å². The molecule has 4 unspecified atom stereocenters. The number of ether oxygens (including phenoxy) is 2. The summed E-state index contributed by atoms with van der Waals surface area (Å²) in [6.45, 7) is 2.35. The highest BCUT2D eigenvalue weighted by atomic mass is 16.7. The molecule has 3 N–H and O–H groups in total. The summed E-state index contributed by atoms with van der Waals surface area (Å²) in [5.74, 6) is -1.26. The maximum absolute atomic E-state index is 10.2. The molecule has 0 aromatic heterocycles. The number of rotatable bonds is 0. The number of aliphatic hydroxyl groups is 3. The normalized spacial score (nSPS) is 41.4. The molecule has 3 aliphatic rings. The van der Waals surface area contributed by atoms with Crippen molar-refractivity contribution in [3.63, 3.8) is 0 Å². The third kappa shape index (κ3) is 2.25. The zero-order valence-corrected chi connectivity index (χ0v) is 11.5. The molecule has 20 heavy (non-hydrogen) atoms. The third-order valence-electron chi connectivity index (χ3n) is 4.17. The van der Waals surface area contributed by atoms with Crippen molar-refractivity contribution in [1.29, 1.82) is 0 Å². The summed E-state index contributed by atoms with van der Waals surface area (Å²) in [4.78, 5) is 0. The van der Waals surface area contributed by atoms with Crippen LogP contribution in [0.2, 0.25) is 0 Å². The molecule has 0 aromatic carbocycles. The Morgan fingerprint density at radius 3 is 2.80 bits per heavy atom. The summed E-state index contributed by atoms with van der Waals surface area (Å²) < 4.78 is 11.3. The van der Waals surface area contributed by atoms with E-state index < -0.39 is 24.1 Å². The van der Waals surface area contributed by atoms with E-state index in [2.05, 4.69) is 19.1 Å². The molecule has 4 atom stereocenters. The summed E-state index contributed by atoms with van der Waals surface area (Å²) in [7, 11) is 0. The van der Waals surface area contributed by atoms with Crippen LogP contribution in [0.15, 0.2) is 34.9 Å². The first kappa shape index (κ1) is 14.0. The molecule has 5 heteroatoms. The van der Waals surface area contributed by atoms with Gasteiger partial charge in [-0.15, -0.1) is 0 Å². The Labute approximate surface area is 117 Å². The van der Waals surface area contributed by atoms with Gasteiger partial charge in [0.2, 0.25) is 5.79 Å². The largest absolute Gasteiger partial charge is 0.388 e. The lowest BCUT2D eigenvalue weighted by atomic mass is 9.87. The minimum atomic E-state index is -1.26. The van der Waals surface area contributed by atoms with Gasteiger partial charge in [0.1, 0.15) is 18.3 Å². The van der Waals surface area contributed by atoms with Gasteiger partial charge in [-0.3, -0.25) is 0 Å². The third-order valence-corrected chi connectivity index (χ3v) is 4.17. The van der Waals surface area contributed by atoms with Crippen molar-refractivity contribution < 1.29 is 24.8 Å². The van der Waals surface area contributed by atoms with E-state index >= 15 is 0 Å². The summed E-state index contributed by atoms with van der Waals surface area (Å²) in [5.41, 5.74) is 3.39. The van der Waals surface area contributed by atoms with Gasteiger partial charge < -0.3 is 24.8 Å². The van der Waals surface area contributed by atoms with Crippen LogP contribution in [0.1, 0.15) is 19.8 Å². The van der Waals surface area contributed by atoms with Gasteiger partial charge in [0.15, 0.2) is 0 Å². The van der Waals surface area contributed by atoms with Crippen molar-refractivity contribution in [1.82, 2.24) is 0 Å². The van der Waals surface area contributed by atoms with Crippen LogP contribution in [-0.4, -0.2) is 52.6 Å². The molecule has 0 bridgehead atoms. The van der Waals surface area contributed by atoms with Gasteiger partial charge in [-0.2, -0.15) is 0 Å². The predicted octanol–water partition coefficient (Wildman–Crippen LogP) is 0.419. The van der Waals surface area contributed by atoms with E-state index in [1.165, 1.54) is 5.57 Å². The summed E-state index contributed by atoms with van der Waals surface area (Å²) in [5, 5.41) is 29.6. The average molecular weight is 280 g/mol. The Morgan fingerprint density at radius 2 is 2.00 bits per heavy atom. The van der Waals surface area contributed by atoms with Gasteiger partial charge in [-0.1, -0.05) is 23.8 Å². The molecule has 1 spiro atoms. The van der Waals surface area contributed by atoms with Gasteiger partial charge in [0.05, 0.1) is 13.2 Å². The topological polar surface area (TPSA) is 79.2 Å². The minimum absolute atomic E-state index is 0.0422. The van der Waals surface area contributed by atoms with Crippen molar-refractivity contribution in [3.8, 4) is 0 Å². The second-order valence-corrected chi connectivity index (χ2v) is 5.74. The first-order valence-electron chi connectivity index (χ1n) is 6.90. The fourth-order valence-electron chi connectivity index (χ4n) is 2.93. The van der Waals surface area contributed by atoms with Crippen LogP contribution in [0.25, 0.3) is 0 Å². The zero-order chi connectivity index (χ0) is 14.3. The van der Waals surface area contributed by atoms with Gasteiger partial charge in [0.25, 0.3) is 0 Å². The number of hydrogen-bond donors (Lipinski definition) is 3. The number of hydrogen-bond acceptors (Lipinski definition) is 5. The van der Waals surface area contributed by atoms with Crippen LogP contribution in [0.4, 0.5) is 0 Å². The van der Waals surface area contributed by atoms with E-state index in [1.54, 1.807) is 0 Å². The highest BCUT2D eigenvalue weighted by molar-refractivity contribution is 5.41. The van der Waals surface area contributed by atoms with Gasteiger partial charge in [-0.05, 0) is 24.5 Å². The fourth-order valence-corrected chi connectivity index (χ4v) is 2.93. The van der Waals surface area contributed by atoms with Crippen LogP contribution in [0, 0.1) is 0 Å². The molecule has 0 amide bonds. The van der Waals surface area contributed by atoms with Crippen LogP contribution < -0.4 is 0 Å². The highest BCUT2D eigenvalue weighted by Crippen LogP contribution is 2.39. The summed E-state index contributed by atoms with van der Waals surface area (Å²) in [6, 6.07) is 0. The zero-order valence-electron chi connectivity index (χ0n) is 11.5. The molecule has 5 nitrogen and oxygen atoms in total. The second kappa shape index (κ2) is 5.09. The lowest BCUT2D eigenvalue weighted by Gasteiger charge is -2.47. The Morgan fingerprint density at radius 1 is 1.20 bits per heavy atom. The number of aliphatic hydroxyl groups excluding tert-OH is 3. The maximum atomic E-state index is 10.2. The standard InChI is InChI=1S/C15H20O5/c1-9-3-2-4-10-6-15(19-7-11(10)5-9)14(18)13(17)12(16)8-20-15/h2,4-5,12-14,16-18H,3,6-8H2,1H3. The Kier molecular flexibility index (Phi) is 3.56. The van der Waals surface area contributed by atoms with E-state index in [9.17, 15) is 15.3 Å². The lowest BCUT2D eigenvalue weighted by Crippen LogP contribution is -2.63. The first-order chi connectivity index (χ1) is 9.52. The molecule has 0 radical (unpaired) electrons. The Balaban J connectivity index is 1.89. The molecule has 1 fully saturated rings. The van der Waals surface area contributed by atoms with Crippen LogP contribution in [0.5, 0.6) is 0 Å². The molecule has 110 valence electrons. The van der Waals surface area contributed by atoms with Crippen LogP contribution >= 0.6 is 0 Å². The smallest absolute Gasteiger partial charge is 0.201 e. The van der Waals surface area contributed by atoms with Crippen molar-refractivity contribution in [3.05, 3.63) is 34.9 Å². The highest BCUT2D eigenvalue weighted by Gasteiger charge is 2.52. The molecule has 0 saturated carbocycles. The van der Waals surface area contributed by atoms with Crippen molar-refractivity contribution >= 4 is 0 Å². The van der Waals surface area contributed by atoms with Gasteiger partial charge >= 0.3 is 0 Å². The monoisotopic (exact) mass is 280 g/mol. The molecule has 1 saturated heterocycles. The molecule has 1 aliphatic carbocycles. The fraction of sp³-hybridized carbons (Fsp3) is 0.600. The molecule has 2 aliphatic heterocycles. The van der Waals surface area contributed by atoms with Gasteiger partial charge in [-0.25, -0.2) is 0 Å². The van der Waals surface area contributed by atoms with E-state index in [1.807, 2.05) is 6.08 Å². The SMILES string of the molecule is CC1=CC2=C(C=CC1)CC1(OC2)OCC(O)C(O)C1O. The maximum Gasteiger partial charge on any atom is 0.201 e. The van der Waals surface area contributed by atoms with E-state index in [0.717, 1.165) is 17.6 Å². The summed E-state index contributed by atoms with van der Waals surface area (Å²) in [6.07, 6.45) is 3.87. The average Bonchev–Trinajstić information content (AvgIpc) is 2.61. The van der Waals surface area contributed by atoms with Crippen molar-refractivity contribution in [2.45, 2.75) is 43.9 Å². The molecule has 2 heterocycles. The molecular weight excluding hydrogens is 260 g/mol. The first-order valence-corrected chi connectivity index (χ1v) is 6.90. The summed E-state index contributed by atoms with van der Waals surface area (Å²) >= 11 is 0. The quantitative estimate of drug-likeness (QED) is 0.599. The van der Waals surface area contributed by atoms with Crippen molar-refractivity contribution in [2.24, 2.45) is 0 Å². The molecular formula is C15H20O5. The molecule has 0 aromatic rings. The number of allylic oxidation sites excluding steroid dienone is 3. The molecule has 3 rings (SSSR count). The second-order valence-electron chi connectivity index (χ2n) is 5.74. The van der Waals surface area contributed by atoms with E-state index in [-0.39, 0.29) is 6.61 Å². The van der Waals surface area contributed by atoms with Gasteiger partial charge in [0, 0.05) is 6.42 Å². The van der Waals surface area contributed by atoms with E-state index in [0.29, 0.717) is 13.0 Å². The van der Waals surface area contributed by atoms with Crippen LogP contribution in [-0.2, 0) is 9.47 Å². The van der Waals surface area contributed by atoms with E-state index in [4.69, 9.17) is 9.47 Å². The predicted molar refractivity (Wildman–Crippen MR) is 71.8 cm³/mol. The van der Waals surface area contributed by atoms with Crippen molar-refractivity contribution in [2.75, 3.05) is 13.2 Å². The Bertz CT molecular complexity index is 492.